The average Bonchev–Trinajstić information content (AvgIpc) is 2.67. The van der Waals surface area contributed by atoms with Crippen LogP contribution in [0.15, 0.2) is 94.0 Å². The van der Waals surface area contributed by atoms with Crippen molar-refractivity contribution in [1.29, 1.82) is 0 Å². The molecule has 0 heterocycles. The van der Waals surface area contributed by atoms with Gasteiger partial charge in [0.15, 0.2) is 0 Å². The highest BCUT2D eigenvalue weighted by molar-refractivity contribution is 8.10. The van der Waals surface area contributed by atoms with Gasteiger partial charge in [-0.15, -0.1) is 5.11 Å². The van der Waals surface area contributed by atoms with Crippen LogP contribution in [0.3, 0.4) is 0 Å². The van der Waals surface area contributed by atoms with Crippen LogP contribution >= 0.6 is 0 Å². The van der Waals surface area contributed by atoms with Crippen LogP contribution in [0.4, 0.5) is 17.1 Å². The zero-order valence-electron chi connectivity index (χ0n) is 15.8. The Morgan fingerprint density at radius 1 is 0.724 bits per heavy atom. The van der Waals surface area contributed by atoms with E-state index in [9.17, 15) is 16.8 Å². The number of hydrogen-bond acceptors (Lipinski definition) is 6. The summed E-state index contributed by atoms with van der Waals surface area (Å²) in [5.41, 5.74) is 1.41. The lowest BCUT2D eigenvalue weighted by atomic mass is 10.2. The molecular weight excluding hydrogens is 410 g/mol. The van der Waals surface area contributed by atoms with E-state index < -0.39 is 20.0 Å². The molecule has 9 heteroatoms. The summed E-state index contributed by atoms with van der Waals surface area (Å²) in [4.78, 5) is -0.136. The Hall–Kier alpha value is -3.04. The van der Waals surface area contributed by atoms with Crippen molar-refractivity contribution in [3.8, 4) is 0 Å². The third-order valence-corrected chi connectivity index (χ3v) is 7.65. The van der Waals surface area contributed by atoms with E-state index in [2.05, 4.69) is 10.2 Å². The maximum absolute atomic E-state index is 13.2. The van der Waals surface area contributed by atoms with Gasteiger partial charge in [0.1, 0.15) is 5.69 Å². The minimum absolute atomic E-state index is 0.102. The van der Waals surface area contributed by atoms with Crippen molar-refractivity contribution in [3.63, 3.8) is 0 Å². The Morgan fingerprint density at radius 3 is 1.93 bits per heavy atom. The minimum Gasteiger partial charge on any atom is -0.206 e. The van der Waals surface area contributed by atoms with Gasteiger partial charge in [0.25, 0.3) is 10.0 Å². The van der Waals surface area contributed by atoms with Crippen LogP contribution in [0.2, 0.25) is 0 Å². The molecule has 0 spiro atoms. The summed E-state index contributed by atoms with van der Waals surface area (Å²) in [7, 11) is -8.59. The van der Waals surface area contributed by atoms with Crippen LogP contribution in [0, 0.1) is 6.92 Å². The number of nitrogens with zero attached hydrogens (tertiary/aromatic N) is 3. The van der Waals surface area contributed by atoms with Crippen molar-refractivity contribution in [2.24, 2.45) is 10.2 Å². The summed E-state index contributed by atoms with van der Waals surface area (Å²) in [6.45, 7) is 1.81. The molecule has 150 valence electrons. The molecule has 0 unspecified atom stereocenters. The first-order chi connectivity index (χ1) is 13.7. The molecule has 3 rings (SSSR count). The van der Waals surface area contributed by atoms with Gasteiger partial charge in [-0.1, -0.05) is 48.0 Å². The Kier molecular flexibility index (Phi) is 5.81. The molecule has 3 aromatic rings. The van der Waals surface area contributed by atoms with E-state index >= 15 is 0 Å². The number of rotatable bonds is 6. The van der Waals surface area contributed by atoms with Gasteiger partial charge in [0.2, 0.25) is 10.0 Å². The second-order valence-corrected chi connectivity index (χ2v) is 10.2. The van der Waals surface area contributed by atoms with Crippen molar-refractivity contribution >= 4 is 37.1 Å². The molecule has 0 aliphatic rings. The van der Waals surface area contributed by atoms with Gasteiger partial charge in [-0.3, -0.25) is 0 Å². The number of para-hydroxylation sites is 1. The third-order valence-electron chi connectivity index (χ3n) is 3.95. The highest BCUT2D eigenvalue weighted by Crippen LogP contribution is 2.35. The predicted molar refractivity (Wildman–Crippen MR) is 113 cm³/mol. The molecule has 0 saturated carbocycles. The first kappa shape index (κ1) is 20.7. The Morgan fingerprint density at radius 2 is 1.31 bits per heavy atom. The standard InChI is InChI=1S/C20H19N3O4S2/c1-16-12-14-18(15-13-16)29(26,27)23(28(2,24)25)20-11-7-6-10-19(20)22-21-17-8-4-3-5-9-17/h3-15H,1-2H3. The van der Waals surface area contributed by atoms with Crippen LogP contribution in [0.1, 0.15) is 5.56 Å². The van der Waals surface area contributed by atoms with Gasteiger partial charge >= 0.3 is 0 Å². The lowest BCUT2D eigenvalue weighted by Crippen LogP contribution is -2.36. The zero-order chi connectivity index (χ0) is 21.1. The molecule has 0 N–H and O–H groups in total. The highest BCUT2D eigenvalue weighted by atomic mass is 32.3. The monoisotopic (exact) mass is 429 g/mol. The SMILES string of the molecule is Cc1ccc(S(=O)(=O)N(c2ccccc2N=Nc2ccccc2)S(C)(=O)=O)cc1. The Bertz CT molecular complexity index is 1240. The van der Waals surface area contributed by atoms with Crippen LogP contribution < -0.4 is 3.71 Å². The lowest BCUT2D eigenvalue weighted by molar-refractivity contribution is 0.587. The minimum atomic E-state index is -4.39. The zero-order valence-corrected chi connectivity index (χ0v) is 17.4. The topological polar surface area (TPSA) is 96.2 Å². The predicted octanol–water partition coefficient (Wildman–Crippen LogP) is 4.57. The molecule has 0 fully saturated rings. The van der Waals surface area contributed by atoms with Gasteiger partial charge in [0.05, 0.1) is 22.5 Å². The second kappa shape index (κ2) is 8.14. The Balaban J connectivity index is 2.14. The molecule has 0 aliphatic carbocycles. The van der Waals surface area contributed by atoms with Crippen LogP contribution in [0.5, 0.6) is 0 Å². The molecule has 3 aromatic carbocycles. The van der Waals surface area contributed by atoms with E-state index in [4.69, 9.17) is 0 Å². The summed E-state index contributed by atoms with van der Waals surface area (Å²) < 4.78 is 51.8. The van der Waals surface area contributed by atoms with Crippen LogP contribution in [-0.4, -0.2) is 23.1 Å². The molecular formula is C20H19N3O4S2. The molecule has 0 bridgehead atoms. The fraction of sp³-hybridized carbons (Fsp3) is 0.100. The van der Waals surface area contributed by atoms with E-state index in [1.54, 1.807) is 48.5 Å². The van der Waals surface area contributed by atoms with E-state index in [-0.39, 0.29) is 16.3 Å². The maximum Gasteiger partial charge on any atom is 0.277 e. The normalized spacial score (nSPS) is 12.2. The molecule has 29 heavy (non-hydrogen) atoms. The van der Waals surface area contributed by atoms with Crippen molar-refractivity contribution < 1.29 is 16.8 Å². The summed E-state index contributed by atoms with van der Waals surface area (Å²) in [5, 5.41) is 8.16. The van der Waals surface area contributed by atoms with Gasteiger partial charge in [-0.05, 0) is 43.3 Å². The Labute approximate surface area is 170 Å². The summed E-state index contributed by atoms with van der Waals surface area (Å²) in [6.07, 6.45) is 0.837. The van der Waals surface area contributed by atoms with Gasteiger partial charge in [-0.25, -0.2) is 16.8 Å². The first-order valence-electron chi connectivity index (χ1n) is 8.57. The lowest BCUT2D eigenvalue weighted by Gasteiger charge is -2.23. The smallest absolute Gasteiger partial charge is 0.206 e. The average molecular weight is 430 g/mol. The molecule has 0 aromatic heterocycles. The fourth-order valence-electron chi connectivity index (χ4n) is 2.60. The first-order valence-corrected chi connectivity index (χ1v) is 11.9. The van der Waals surface area contributed by atoms with Crippen LogP contribution in [0.25, 0.3) is 0 Å². The molecule has 0 atom stereocenters. The molecule has 7 nitrogen and oxygen atoms in total. The number of hydrogen-bond donors (Lipinski definition) is 0. The second-order valence-electron chi connectivity index (χ2n) is 6.30. The number of benzene rings is 3. The molecule has 0 radical (unpaired) electrons. The van der Waals surface area contributed by atoms with Gasteiger partial charge in [0, 0.05) is 0 Å². The summed E-state index contributed by atoms with van der Waals surface area (Å²) in [6, 6.07) is 20.9. The van der Waals surface area contributed by atoms with Gasteiger partial charge in [-0.2, -0.15) is 8.82 Å². The number of aryl methyl sites for hydroxylation is 1. The quantitative estimate of drug-likeness (QED) is 0.536. The van der Waals surface area contributed by atoms with Crippen LogP contribution in [-0.2, 0) is 20.0 Å². The van der Waals surface area contributed by atoms with Crippen molar-refractivity contribution in [2.75, 3.05) is 9.97 Å². The maximum atomic E-state index is 13.2. The molecule has 0 amide bonds. The van der Waals surface area contributed by atoms with Crippen molar-refractivity contribution in [3.05, 3.63) is 84.4 Å². The van der Waals surface area contributed by atoms with Crippen molar-refractivity contribution in [2.45, 2.75) is 11.8 Å². The van der Waals surface area contributed by atoms with E-state index in [0.29, 0.717) is 9.40 Å². The largest absolute Gasteiger partial charge is 0.277 e. The van der Waals surface area contributed by atoms with Gasteiger partial charge < -0.3 is 0 Å². The molecule has 0 saturated heterocycles. The summed E-state index contributed by atoms with van der Waals surface area (Å²) >= 11 is 0. The number of sulfonamides is 2. The molecule has 0 aliphatic heterocycles. The van der Waals surface area contributed by atoms with E-state index in [1.807, 2.05) is 13.0 Å². The number of azo groups is 1. The van der Waals surface area contributed by atoms with E-state index in [1.165, 1.54) is 24.3 Å². The third kappa shape index (κ3) is 4.69. The van der Waals surface area contributed by atoms with E-state index in [0.717, 1.165) is 11.8 Å². The number of anilines is 1. The van der Waals surface area contributed by atoms with Crippen molar-refractivity contribution in [1.82, 2.24) is 0 Å². The fourth-order valence-corrected chi connectivity index (χ4v) is 5.88. The highest BCUT2D eigenvalue weighted by Gasteiger charge is 2.34. The summed E-state index contributed by atoms with van der Waals surface area (Å²) in [5.74, 6) is 0.